The molecule has 2 heterocycles. The highest BCUT2D eigenvalue weighted by atomic mass is 16.3. The number of rotatable bonds is 3. The molecule has 6 heteroatoms. The first-order valence-corrected chi connectivity index (χ1v) is 5.51. The Morgan fingerprint density at radius 1 is 1.61 bits per heavy atom. The van der Waals surface area contributed by atoms with E-state index in [0.717, 1.165) is 0 Å². The van der Waals surface area contributed by atoms with Gasteiger partial charge < -0.3 is 15.4 Å². The first-order chi connectivity index (χ1) is 8.61. The summed E-state index contributed by atoms with van der Waals surface area (Å²) >= 11 is 0. The number of hydrogen-bond acceptors (Lipinski definition) is 4. The number of H-pyrrole nitrogens is 1. The second-order valence-electron chi connectivity index (χ2n) is 4.01. The van der Waals surface area contributed by atoms with E-state index in [2.05, 4.69) is 15.3 Å². The Labute approximate surface area is 103 Å². The van der Waals surface area contributed by atoms with Crippen molar-refractivity contribution in [2.75, 3.05) is 6.61 Å². The number of carbonyl (C=O) groups excluding carboxylic acids is 1. The van der Waals surface area contributed by atoms with Gasteiger partial charge in [-0.05, 0) is 25.1 Å². The van der Waals surface area contributed by atoms with Crippen molar-refractivity contribution in [3.05, 3.63) is 40.3 Å². The molecule has 0 spiro atoms. The van der Waals surface area contributed by atoms with Gasteiger partial charge in [0.1, 0.15) is 5.56 Å². The van der Waals surface area contributed by atoms with Gasteiger partial charge in [-0.1, -0.05) is 0 Å². The Morgan fingerprint density at radius 2 is 2.39 bits per heavy atom. The largest absolute Gasteiger partial charge is 0.394 e. The number of hydrogen-bond donors (Lipinski definition) is 3. The van der Waals surface area contributed by atoms with Crippen molar-refractivity contribution in [3.8, 4) is 0 Å². The molecule has 94 valence electrons. The minimum atomic E-state index is -0.523. The molecular formula is C12H13N3O3. The molecule has 0 aliphatic rings. The average molecular weight is 247 g/mol. The van der Waals surface area contributed by atoms with Crippen LogP contribution in [0, 0.1) is 0 Å². The Bertz CT molecular complexity index is 636. The van der Waals surface area contributed by atoms with Crippen LogP contribution >= 0.6 is 0 Å². The third-order valence-corrected chi connectivity index (χ3v) is 2.51. The lowest BCUT2D eigenvalue weighted by atomic mass is 10.2. The monoisotopic (exact) mass is 247 g/mol. The average Bonchev–Trinajstić information content (AvgIpc) is 2.37. The number of nitrogens with zero attached hydrogens (tertiary/aromatic N) is 1. The minimum absolute atomic E-state index is 0.0125. The number of pyridine rings is 2. The fraction of sp³-hybridized carbons (Fsp3) is 0.250. The van der Waals surface area contributed by atoms with Gasteiger partial charge in [0, 0.05) is 12.2 Å². The van der Waals surface area contributed by atoms with E-state index in [4.69, 9.17) is 5.11 Å². The third kappa shape index (κ3) is 2.38. The van der Waals surface area contributed by atoms with E-state index in [1.807, 2.05) is 0 Å². The maximum atomic E-state index is 11.8. The van der Waals surface area contributed by atoms with Gasteiger partial charge in [0.15, 0.2) is 0 Å². The summed E-state index contributed by atoms with van der Waals surface area (Å²) in [6, 6.07) is 4.44. The summed E-state index contributed by atoms with van der Waals surface area (Å²) in [6.45, 7) is 1.46. The second-order valence-corrected chi connectivity index (χ2v) is 4.01. The van der Waals surface area contributed by atoms with Crippen LogP contribution in [0.1, 0.15) is 17.3 Å². The molecule has 0 fully saturated rings. The maximum absolute atomic E-state index is 11.8. The first kappa shape index (κ1) is 12.3. The highest BCUT2D eigenvalue weighted by Gasteiger charge is 2.14. The Balaban J connectivity index is 2.42. The molecule has 1 atom stereocenters. The van der Waals surface area contributed by atoms with Crippen molar-refractivity contribution in [1.82, 2.24) is 15.3 Å². The van der Waals surface area contributed by atoms with E-state index >= 15 is 0 Å². The van der Waals surface area contributed by atoms with Crippen LogP contribution in [0.5, 0.6) is 0 Å². The number of nitrogens with one attached hydrogen (secondary N) is 2. The van der Waals surface area contributed by atoms with E-state index in [-0.39, 0.29) is 12.2 Å². The smallest absolute Gasteiger partial charge is 0.261 e. The van der Waals surface area contributed by atoms with E-state index in [0.29, 0.717) is 11.0 Å². The van der Waals surface area contributed by atoms with Gasteiger partial charge >= 0.3 is 0 Å². The number of aromatic amines is 1. The fourth-order valence-corrected chi connectivity index (χ4v) is 1.55. The molecule has 0 aromatic carbocycles. The molecule has 0 bridgehead atoms. The zero-order chi connectivity index (χ0) is 13.1. The lowest BCUT2D eigenvalue weighted by molar-refractivity contribution is 0.0921. The Hall–Kier alpha value is -2.21. The van der Waals surface area contributed by atoms with Crippen LogP contribution in [0.3, 0.4) is 0 Å². The molecule has 2 aromatic rings. The van der Waals surface area contributed by atoms with E-state index in [1.165, 1.54) is 6.07 Å². The van der Waals surface area contributed by atoms with Crippen LogP contribution < -0.4 is 10.9 Å². The van der Waals surface area contributed by atoms with Crippen LogP contribution in [0.15, 0.2) is 29.2 Å². The van der Waals surface area contributed by atoms with Gasteiger partial charge in [0.25, 0.3) is 11.5 Å². The zero-order valence-corrected chi connectivity index (χ0v) is 9.80. The molecule has 2 rings (SSSR count). The van der Waals surface area contributed by atoms with E-state index in [9.17, 15) is 9.59 Å². The number of fused-ring (bicyclic) bond motifs is 1. The van der Waals surface area contributed by atoms with Gasteiger partial charge in [-0.25, -0.2) is 0 Å². The summed E-state index contributed by atoms with van der Waals surface area (Å²) in [5, 5.41) is 11.4. The first-order valence-electron chi connectivity index (χ1n) is 5.51. The molecule has 0 aliphatic carbocycles. The lowest BCUT2D eigenvalue weighted by Crippen LogP contribution is -2.37. The maximum Gasteiger partial charge on any atom is 0.261 e. The molecule has 0 aliphatic heterocycles. The number of amides is 1. The van der Waals surface area contributed by atoms with Gasteiger partial charge in [-0.15, -0.1) is 0 Å². The molecule has 0 unspecified atom stereocenters. The van der Waals surface area contributed by atoms with Gasteiger partial charge in [0.2, 0.25) is 0 Å². The Kier molecular flexibility index (Phi) is 3.38. The van der Waals surface area contributed by atoms with Crippen LogP contribution in [-0.4, -0.2) is 33.6 Å². The summed E-state index contributed by atoms with van der Waals surface area (Å²) in [7, 11) is 0. The van der Waals surface area contributed by atoms with E-state index in [1.54, 1.807) is 25.3 Å². The summed E-state index contributed by atoms with van der Waals surface area (Å²) < 4.78 is 0. The van der Waals surface area contributed by atoms with Crippen molar-refractivity contribution in [2.24, 2.45) is 0 Å². The fourth-order valence-electron chi connectivity index (χ4n) is 1.55. The van der Waals surface area contributed by atoms with Crippen molar-refractivity contribution in [2.45, 2.75) is 13.0 Å². The third-order valence-electron chi connectivity index (χ3n) is 2.51. The summed E-state index contributed by atoms with van der Waals surface area (Å²) in [6.07, 6.45) is 1.58. The molecular weight excluding hydrogens is 234 g/mol. The van der Waals surface area contributed by atoms with Crippen LogP contribution in [0.25, 0.3) is 11.0 Å². The van der Waals surface area contributed by atoms with Gasteiger partial charge in [-0.2, -0.15) is 0 Å². The summed E-state index contributed by atoms with van der Waals surface area (Å²) in [4.78, 5) is 30.2. The molecule has 2 aromatic heterocycles. The number of carbonyl (C=O) groups is 1. The Morgan fingerprint density at radius 3 is 3.11 bits per heavy atom. The highest BCUT2D eigenvalue weighted by molar-refractivity contribution is 5.96. The predicted octanol–water partition coefficient (Wildman–Crippen LogP) is 0.0337. The van der Waals surface area contributed by atoms with Crippen LogP contribution in [-0.2, 0) is 0 Å². The van der Waals surface area contributed by atoms with Gasteiger partial charge in [0.05, 0.1) is 17.6 Å². The molecule has 6 nitrogen and oxygen atoms in total. The topological polar surface area (TPSA) is 95.1 Å². The second kappa shape index (κ2) is 4.97. The number of aliphatic hydroxyl groups excluding tert-OH is 1. The summed E-state index contributed by atoms with van der Waals surface area (Å²) in [5.74, 6) is -0.523. The lowest BCUT2D eigenvalue weighted by Gasteiger charge is -2.10. The predicted molar refractivity (Wildman–Crippen MR) is 66.4 cm³/mol. The summed E-state index contributed by atoms with van der Waals surface area (Å²) in [5.41, 5.74) is 0.632. The normalized spacial score (nSPS) is 12.3. The standard InChI is InChI=1S/C12H13N3O3/c1-7(6-16)14-11(17)8-5-10-9(15-12(8)18)3-2-4-13-10/h2-5,7,16H,6H2,1H3,(H,14,17)(H,15,18)/t7-/m0/s1. The van der Waals surface area contributed by atoms with Crippen LogP contribution in [0.4, 0.5) is 0 Å². The highest BCUT2D eigenvalue weighted by Crippen LogP contribution is 2.06. The van der Waals surface area contributed by atoms with Crippen LogP contribution in [0.2, 0.25) is 0 Å². The van der Waals surface area contributed by atoms with Crippen molar-refractivity contribution < 1.29 is 9.90 Å². The quantitative estimate of drug-likeness (QED) is 0.713. The molecule has 1 amide bonds. The van der Waals surface area contributed by atoms with Crippen molar-refractivity contribution >= 4 is 16.9 Å². The van der Waals surface area contributed by atoms with Crippen molar-refractivity contribution in [3.63, 3.8) is 0 Å². The van der Waals surface area contributed by atoms with Gasteiger partial charge in [-0.3, -0.25) is 14.6 Å². The van der Waals surface area contributed by atoms with Crippen molar-refractivity contribution in [1.29, 1.82) is 0 Å². The molecule has 0 radical (unpaired) electrons. The molecule has 0 saturated heterocycles. The number of aromatic nitrogens is 2. The number of aliphatic hydroxyl groups is 1. The molecule has 18 heavy (non-hydrogen) atoms. The molecule has 0 saturated carbocycles. The SMILES string of the molecule is C[C@@H](CO)NC(=O)c1cc2ncccc2[nH]c1=O. The zero-order valence-electron chi connectivity index (χ0n) is 9.80. The van der Waals surface area contributed by atoms with E-state index < -0.39 is 17.5 Å². The molecule has 3 N–H and O–H groups in total. The minimum Gasteiger partial charge on any atom is -0.394 e.